The van der Waals surface area contributed by atoms with Crippen molar-refractivity contribution in [2.75, 3.05) is 17.7 Å². The minimum atomic E-state index is -4.48. The Bertz CT molecular complexity index is 1050. The van der Waals surface area contributed by atoms with Gasteiger partial charge in [-0.25, -0.2) is 4.98 Å². The minimum Gasteiger partial charge on any atom is -0.388 e. The lowest BCUT2D eigenvalue weighted by Crippen LogP contribution is -2.40. The van der Waals surface area contributed by atoms with Crippen LogP contribution in [0.5, 0.6) is 0 Å². The van der Waals surface area contributed by atoms with Gasteiger partial charge < -0.3 is 16.0 Å². The van der Waals surface area contributed by atoms with Crippen molar-refractivity contribution >= 4 is 23.1 Å². The van der Waals surface area contributed by atoms with E-state index >= 15 is 0 Å². The Hall–Kier alpha value is -3.23. The SMILES string of the molecule is CNc1ccc(C(=O)NC2CCC(Nc3cccc4nc(C(F)(F)F)cn34)CC2)cc1. The Morgan fingerprint density at radius 3 is 2.35 bits per heavy atom. The zero-order chi connectivity index (χ0) is 22.0. The van der Waals surface area contributed by atoms with Crippen LogP contribution in [0, 0.1) is 0 Å². The molecule has 3 aromatic rings. The summed E-state index contributed by atoms with van der Waals surface area (Å²) in [5.74, 6) is 0.486. The van der Waals surface area contributed by atoms with Crippen molar-refractivity contribution in [1.29, 1.82) is 0 Å². The molecule has 1 amide bonds. The van der Waals surface area contributed by atoms with E-state index in [0.29, 0.717) is 11.4 Å². The third kappa shape index (κ3) is 4.76. The smallest absolute Gasteiger partial charge is 0.388 e. The van der Waals surface area contributed by atoms with Crippen LogP contribution >= 0.6 is 0 Å². The van der Waals surface area contributed by atoms with Crippen LogP contribution in [0.15, 0.2) is 48.7 Å². The van der Waals surface area contributed by atoms with E-state index in [1.54, 1.807) is 30.3 Å². The van der Waals surface area contributed by atoms with E-state index in [1.165, 1.54) is 4.40 Å². The normalized spacial score (nSPS) is 19.2. The highest BCUT2D eigenvalue weighted by molar-refractivity contribution is 5.94. The molecule has 0 atom stereocenters. The molecule has 1 saturated carbocycles. The quantitative estimate of drug-likeness (QED) is 0.555. The summed E-state index contributed by atoms with van der Waals surface area (Å²) in [6.45, 7) is 0. The zero-order valence-electron chi connectivity index (χ0n) is 17.0. The average molecular weight is 431 g/mol. The maximum atomic E-state index is 13.0. The Kier molecular flexibility index (Phi) is 5.75. The fourth-order valence-electron chi connectivity index (χ4n) is 3.91. The predicted octanol–water partition coefficient (Wildman–Crippen LogP) is 4.55. The first-order valence-electron chi connectivity index (χ1n) is 10.2. The van der Waals surface area contributed by atoms with Gasteiger partial charge in [0.1, 0.15) is 11.5 Å². The van der Waals surface area contributed by atoms with Gasteiger partial charge in [0.2, 0.25) is 0 Å². The number of imidazole rings is 1. The molecule has 9 heteroatoms. The number of carbonyl (C=O) groups excluding carboxylic acids is 1. The third-order valence-electron chi connectivity index (χ3n) is 5.63. The summed E-state index contributed by atoms with van der Waals surface area (Å²) in [5.41, 5.74) is 0.906. The Balaban J connectivity index is 1.35. The highest BCUT2D eigenvalue weighted by atomic mass is 19.4. The summed E-state index contributed by atoms with van der Waals surface area (Å²) < 4.78 is 40.4. The number of amides is 1. The van der Waals surface area contributed by atoms with Crippen LogP contribution in [-0.2, 0) is 6.18 Å². The molecule has 6 nitrogen and oxygen atoms in total. The van der Waals surface area contributed by atoms with E-state index in [-0.39, 0.29) is 23.6 Å². The first kappa shape index (κ1) is 21.0. The second-order valence-electron chi connectivity index (χ2n) is 7.76. The van der Waals surface area contributed by atoms with Crippen molar-refractivity contribution in [3.8, 4) is 0 Å². The van der Waals surface area contributed by atoms with Gasteiger partial charge in [-0.05, 0) is 62.1 Å². The van der Waals surface area contributed by atoms with Crippen LogP contribution < -0.4 is 16.0 Å². The van der Waals surface area contributed by atoms with E-state index < -0.39 is 11.9 Å². The molecule has 0 spiro atoms. The largest absolute Gasteiger partial charge is 0.434 e. The standard InChI is InChI=1S/C22H24F3N5O/c1-26-15-7-5-14(6-8-15)21(31)28-17-11-9-16(10-12-17)27-19-3-2-4-20-29-18(13-30(19)20)22(23,24)25/h2-8,13,16-17,26-27H,9-12H2,1H3,(H,28,31). The van der Waals surface area contributed by atoms with Gasteiger partial charge in [-0.2, -0.15) is 13.2 Å². The van der Waals surface area contributed by atoms with Crippen LogP contribution in [0.25, 0.3) is 5.65 Å². The van der Waals surface area contributed by atoms with Gasteiger partial charge in [-0.15, -0.1) is 0 Å². The molecule has 0 bridgehead atoms. The van der Waals surface area contributed by atoms with Gasteiger partial charge in [-0.3, -0.25) is 9.20 Å². The van der Waals surface area contributed by atoms with Gasteiger partial charge in [0, 0.05) is 36.6 Å². The van der Waals surface area contributed by atoms with Crippen molar-refractivity contribution in [2.24, 2.45) is 0 Å². The number of benzene rings is 1. The zero-order valence-corrected chi connectivity index (χ0v) is 17.0. The second kappa shape index (κ2) is 8.49. The van der Waals surface area contributed by atoms with Gasteiger partial charge in [-0.1, -0.05) is 6.07 Å². The first-order chi connectivity index (χ1) is 14.8. The molecule has 0 aliphatic heterocycles. The average Bonchev–Trinajstić information content (AvgIpc) is 3.21. The van der Waals surface area contributed by atoms with E-state index in [4.69, 9.17) is 0 Å². The number of fused-ring (bicyclic) bond motifs is 1. The number of pyridine rings is 1. The summed E-state index contributed by atoms with van der Waals surface area (Å²) in [6.07, 6.45) is -0.255. The summed E-state index contributed by atoms with van der Waals surface area (Å²) in [5, 5.41) is 9.44. The number of nitrogens with zero attached hydrogens (tertiary/aromatic N) is 2. The Labute approximate surface area is 177 Å². The third-order valence-corrected chi connectivity index (χ3v) is 5.63. The highest BCUT2D eigenvalue weighted by Crippen LogP contribution is 2.30. The van der Waals surface area contributed by atoms with E-state index in [2.05, 4.69) is 20.9 Å². The van der Waals surface area contributed by atoms with Crippen molar-refractivity contribution < 1.29 is 18.0 Å². The molecular weight excluding hydrogens is 407 g/mol. The maximum Gasteiger partial charge on any atom is 0.434 e. The van der Waals surface area contributed by atoms with Crippen molar-refractivity contribution in [2.45, 2.75) is 43.9 Å². The lowest BCUT2D eigenvalue weighted by Gasteiger charge is -2.30. The molecule has 4 rings (SSSR count). The van der Waals surface area contributed by atoms with E-state index in [1.807, 2.05) is 19.2 Å². The number of rotatable bonds is 5. The predicted molar refractivity (Wildman–Crippen MR) is 113 cm³/mol. The number of hydrogen-bond donors (Lipinski definition) is 3. The van der Waals surface area contributed by atoms with Crippen LogP contribution in [0.1, 0.15) is 41.7 Å². The molecule has 2 aromatic heterocycles. The van der Waals surface area contributed by atoms with Gasteiger partial charge in [0.15, 0.2) is 5.69 Å². The van der Waals surface area contributed by atoms with Crippen LogP contribution in [0.4, 0.5) is 24.7 Å². The van der Waals surface area contributed by atoms with Gasteiger partial charge in [0.25, 0.3) is 5.91 Å². The molecule has 3 N–H and O–H groups in total. The van der Waals surface area contributed by atoms with Crippen LogP contribution in [0.3, 0.4) is 0 Å². The van der Waals surface area contributed by atoms with Gasteiger partial charge >= 0.3 is 6.18 Å². The van der Waals surface area contributed by atoms with Crippen molar-refractivity contribution in [3.05, 3.63) is 59.9 Å². The van der Waals surface area contributed by atoms with Crippen molar-refractivity contribution in [3.63, 3.8) is 0 Å². The fourth-order valence-corrected chi connectivity index (χ4v) is 3.91. The van der Waals surface area contributed by atoms with Gasteiger partial charge in [0.05, 0.1) is 0 Å². The number of anilines is 2. The number of carbonyl (C=O) groups is 1. The highest BCUT2D eigenvalue weighted by Gasteiger charge is 2.34. The van der Waals surface area contributed by atoms with Crippen LogP contribution in [-0.4, -0.2) is 34.4 Å². The summed E-state index contributed by atoms with van der Waals surface area (Å²) >= 11 is 0. The Morgan fingerprint density at radius 2 is 1.71 bits per heavy atom. The number of aromatic nitrogens is 2. The molecule has 1 aliphatic rings. The topological polar surface area (TPSA) is 70.5 Å². The lowest BCUT2D eigenvalue weighted by atomic mass is 9.91. The summed E-state index contributed by atoms with van der Waals surface area (Å²) in [7, 11) is 1.82. The molecule has 0 radical (unpaired) electrons. The second-order valence-corrected chi connectivity index (χ2v) is 7.76. The number of halogens is 3. The van der Waals surface area contributed by atoms with E-state index in [0.717, 1.165) is 37.6 Å². The maximum absolute atomic E-state index is 13.0. The Morgan fingerprint density at radius 1 is 1.03 bits per heavy atom. The molecular formula is C22H24F3N5O. The van der Waals surface area contributed by atoms with Crippen LogP contribution in [0.2, 0.25) is 0 Å². The molecule has 0 saturated heterocycles. The number of nitrogens with one attached hydrogen (secondary N) is 3. The monoisotopic (exact) mass is 431 g/mol. The minimum absolute atomic E-state index is 0.0791. The lowest BCUT2D eigenvalue weighted by molar-refractivity contribution is -0.140. The molecule has 31 heavy (non-hydrogen) atoms. The van der Waals surface area contributed by atoms with Crippen molar-refractivity contribution in [1.82, 2.24) is 14.7 Å². The number of hydrogen-bond acceptors (Lipinski definition) is 4. The summed E-state index contributed by atoms with van der Waals surface area (Å²) in [6, 6.07) is 12.5. The molecule has 164 valence electrons. The molecule has 1 fully saturated rings. The summed E-state index contributed by atoms with van der Waals surface area (Å²) in [4.78, 5) is 16.1. The molecule has 0 unspecified atom stereocenters. The molecule has 1 aromatic carbocycles. The molecule has 2 heterocycles. The molecule has 1 aliphatic carbocycles. The first-order valence-corrected chi connectivity index (χ1v) is 10.2. The fraction of sp³-hybridized carbons (Fsp3) is 0.364. The van der Waals surface area contributed by atoms with E-state index in [9.17, 15) is 18.0 Å². The number of alkyl halides is 3.